The van der Waals surface area contributed by atoms with Crippen molar-refractivity contribution in [2.24, 2.45) is 17.1 Å². The van der Waals surface area contributed by atoms with Gasteiger partial charge in [-0.25, -0.2) is 0 Å². The predicted octanol–water partition coefficient (Wildman–Crippen LogP) is 0.636. The van der Waals surface area contributed by atoms with E-state index in [2.05, 4.69) is 11.9 Å². The van der Waals surface area contributed by atoms with Gasteiger partial charge in [0.05, 0.1) is 0 Å². The third kappa shape index (κ3) is 1.59. The summed E-state index contributed by atoms with van der Waals surface area (Å²) in [6.45, 7) is 3.04. The molecule has 80 valence electrons. The molecule has 0 spiro atoms. The van der Waals surface area contributed by atoms with Crippen LogP contribution in [-0.4, -0.2) is 37.4 Å². The van der Waals surface area contributed by atoms with Crippen LogP contribution in [0.1, 0.15) is 25.7 Å². The van der Waals surface area contributed by atoms with Crippen molar-refractivity contribution in [2.75, 3.05) is 26.7 Å². The van der Waals surface area contributed by atoms with E-state index >= 15 is 0 Å². The van der Waals surface area contributed by atoms with Crippen molar-refractivity contribution in [3.05, 3.63) is 0 Å². The van der Waals surface area contributed by atoms with E-state index in [1.54, 1.807) is 0 Å². The molecule has 3 nitrogen and oxygen atoms in total. The Hall–Kier alpha value is -0.410. The highest BCUT2D eigenvalue weighted by Crippen LogP contribution is 2.47. The molecule has 0 aromatic rings. The molecule has 0 radical (unpaired) electrons. The SMILES string of the molecule is CN1CCC(C2(CN)CC(=O)C2)CC1. The lowest BCUT2D eigenvalue weighted by Crippen LogP contribution is -2.51. The van der Waals surface area contributed by atoms with Gasteiger partial charge in [0.15, 0.2) is 0 Å². The minimum absolute atomic E-state index is 0.193. The average Bonchev–Trinajstić information content (AvgIpc) is 2.14. The lowest BCUT2D eigenvalue weighted by molar-refractivity contribution is -0.137. The zero-order valence-corrected chi connectivity index (χ0v) is 8.96. The van der Waals surface area contributed by atoms with Crippen LogP contribution in [0.25, 0.3) is 0 Å². The Labute approximate surface area is 85.6 Å². The molecule has 0 bridgehead atoms. The largest absolute Gasteiger partial charge is 0.330 e. The standard InChI is InChI=1S/C11H20N2O/c1-13-4-2-9(3-5-13)11(8-12)6-10(14)7-11/h9H,2-8,12H2,1H3. The van der Waals surface area contributed by atoms with E-state index in [4.69, 9.17) is 5.73 Å². The van der Waals surface area contributed by atoms with Crippen molar-refractivity contribution in [3.63, 3.8) is 0 Å². The lowest BCUT2D eigenvalue weighted by Gasteiger charge is -2.48. The molecule has 1 aliphatic carbocycles. The highest BCUT2D eigenvalue weighted by atomic mass is 16.1. The van der Waals surface area contributed by atoms with Crippen LogP contribution in [0.3, 0.4) is 0 Å². The quantitative estimate of drug-likeness (QED) is 0.705. The summed E-state index contributed by atoms with van der Waals surface area (Å²) in [5.74, 6) is 1.11. The number of carbonyl (C=O) groups excluding carboxylic acids is 1. The molecule has 0 amide bonds. The van der Waals surface area contributed by atoms with Gasteiger partial charge in [-0.1, -0.05) is 0 Å². The molecule has 0 aromatic carbocycles. The van der Waals surface area contributed by atoms with Crippen molar-refractivity contribution >= 4 is 5.78 Å². The third-order valence-corrected chi connectivity index (χ3v) is 4.09. The molecule has 2 N–H and O–H groups in total. The number of nitrogens with zero attached hydrogens (tertiary/aromatic N) is 1. The molecule has 1 heterocycles. The van der Waals surface area contributed by atoms with E-state index in [0.29, 0.717) is 18.2 Å². The molecule has 0 aromatic heterocycles. The van der Waals surface area contributed by atoms with Crippen molar-refractivity contribution in [2.45, 2.75) is 25.7 Å². The van der Waals surface area contributed by atoms with Crippen LogP contribution in [0.2, 0.25) is 0 Å². The van der Waals surface area contributed by atoms with Gasteiger partial charge in [-0.2, -0.15) is 0 Å². The molecule has 1 saturated heterocycles. The Morgan fingerprint density at radius 2 is 2.00 bits per heavy atom. The van der Waals surface area contributed by atoms with Crippen molar-refractivity contribution in [1.29, 1.82) is 0 Å². The first-order valence-corrected chi connectivity index (χ1v) is 5.56. The van der Waals surface area contributed by atoms with Gasteiger partial charge in [0.2, 0.25) is 0 Å². The molecular formula is C11H20N2O. The smallest absolute Gasteiger partial charge is 0.134 e. The van der Waals surface area contributed by atoms with E-state index < -0.39 is 0 Å². The molecule has 14 heavy (non-hydrogen) atoms. The van der Waals surface area contributed by atoms with Crippen LogP contribution in [0.4, 0.5) is 0 Å². The van der Waals surface area contributed by atoms with E-state index in [0.717, 1.165) is 12.8 Å². The Morgan fingerprint density at radius 3 is 2.43 bits per heavy atom. The number of Topliss-reactive ketones (excluding diaryl/α,β-unsaturated/α-hetero) is 1. The molecule has 1 aliphatic heterocycles. The summed E-state index contributed by atoms with van der Waals surface area (Å²) in [7, 11) is 2.16. The highest BCUT2D eigenvalue weighted by Gasteiger charge is 2.48. The Kier molecular flexibility index (Phi) is 2.62. The van der Waals surface area contributed by atoms with Crippen molar-refractivity contribution in [1.82, 2.24) is 4.90 Å². The maximum absolute atomic E-state index is 11.1. The van der Waals surface area contributed by atoms with Gasteiger partial charge in [-0.15, -0.1) is 0 Å². The number of rotatable bonds is 2. The number of likely N-dealkylation sites (tertiary alicyclic amines) is 1. The molecule has 2 aliphatic rings. The summed E-state index contributed by atoms with van der Waals surface area (Å²) in [5.41, 5.74) is 6.02. The highest BCUT2D eigenvalue weighted by molar-refractivity contribution is 5.86. The molecule has 0 atom stereocenters. The summed E-state index contributed by atoms with van der Waals surface area (Å²) in [5, 5.41) is 0. The molecular weight excluding hydrogens is 176 g/mol. The number of hydrogen-bond acceptors (Lipinski definition) is 3. The zero-order chi connectivity index (χ0) is 10.2. The first kappa shape index (κ1) is 10.1. The van der Waals surface area contributed by atoms with Crippen LogP contribution in [-0.2, 0) is 4.79 Å². The number of hydrogen-bond donors (Lipinski definition) is 1. The van der Waals surface area contributed by atoms with E-state index in [1.807, 2.05) is 0 Å². The van der Waals surface area contributed by atoms with Crippen LogP contribution >= 0.6 is 0 Å². The van der Waals surface area contributed by atoms with Crippen LogP contribution in [0.5, 0.6) is 0 Å². The van der Waals surface area contributed by atoms with Gasteiger partial charge in [-0.05, 0) is 50.9 Å². The topological polar surface area (TPSA) is 46.3 Å². The Bertz CT molecular complexity index is 223. The van der Waals surface area contributed by atoms with Gasteiger partial charge < -0.3 is 10.6 Å². The van der Waals surface area contributed by atoms with Gasteiger partial charge >= 0.3 is 0 Å². The first-order valence-electron chi connectivity index (χ1n) is 5.56. The number of piperidine rings is 1. The molecule has 1 saturated carbocycles. The molecule has 2 fully saturated rings. The summed E-state index contributed by atoms with van der Waals surface area (Å²) in [6.07, 6.45) is 3.94. The fourth-order valence-corrected chi connectivity index (χ4v) is 2.95. The van der Waals surface area contributed by atoms with E-state index in [-0.39, 0.29) is 5.41 Å². The van der Waals surface area contributed by atoms with Crippen LogP contribution in [0, 0.1) is 11.3 Å². The normalized spacial score (nSPS) is 28.9. The fraction of sp³-hybridized carbons (Fsp3) is 0.909. The minimum Gasteiger partial charge on any atom is -0.330 e. The summed E-state index contributed by atoms with van der Waals surface area (Å²) in [4.78, 5) is 13.5. The summed E-state index contributed by atoms with van der Waals surface area (Å²) in [6, 6.07) is 0. The monoisotopic (exact) mass is 196 g/mol. The Balaban J connectivity index is 1.96. The van der Waals surface area contributed by atoms with Gasteiger partial charge in [0, 0.05) is 12.8 Å². The minimum atomic E-state index is 0.193. The maximum atomic E-state index is 11.1. The molecule has 3 heteroatoms. The average molecular weight is 196 g/mol. The van der Waals surface area contributed by atoms with Crippen LogP contribution < -0.4 is 5.73 Å². The van der Waals surface area contributed by atoms with Gasteiger partial charge in [0.1, 0.15) is 5.78 Å². The number of carbonyl (C=O) groups is 1. The molecule has 2 rings (SSSR count). The molecule has 0 unspecified atom stereocenters. The zero-order valence-electron chi connectivity index (χ0n) is 8.96. The fourth-order valence-electron chi connectivity index (χ4n) is 2.95. The Morgan fingerprint density at radius 1 is 1.43 bits per heavy atom. The lowest BCUT2D eigenvalue weighted by atomic mass is 9.58. The van der Waals surface area contributed by atoms with E-state index in [9.17, 15) is 4.79 Å². The first-order chi connectivity index (χ1) is 6.66. The third-order valence-electron chi connectivity index (χ3n) is 4.09. The van der Waals surface area contributed by atoms with E-state index in [1.165, 1.54) is 25.9 Å². The summed E-state index contributed by atoms with van der Waals surface area (Å²) < 4.78 is 0. The second-order valence-corrected chi connectivity index (χ2v) is 5.04. The second-order valence-electron chi connectivity index (χ2n) is 5.04. The second kappa shape index (κ2) is 3.63. The van der Waals surface area contributed by atoms with Crippen LogP contribution in [0.15, 0.2) is 0 Å². The predicted molar refractivity (Wildman–Crippen MR) is 55.9 cm³/mol. The number of nitrogens with two attached hydrogens (primary N) is 1. The van der Waals surface area contributed by atoms with Crippen molar-refractivity contribution in [3.8, 4) is 0 Å². The summed E-state index contributed by atoms with van der Waals surface area (Å²) >= 11 is 0. The van der Waals surface area contributed by atoms with Gasteiger partial charge in [0.25, 0.3) is 0 Å². The maximum Gasteiger partial charge on any atom is 0.134 e. The number of ketones is 1. The van der Waals surface area contributed by atoms with Crippen molar-refractivity contribution < 1.29 is 4.79 Å². The van der Waals surface area contributed by atoms with Gasteiger partial charge in [-0.3, -0.25) is 4.79 Å².